The highest BCUT2D eigenvalue weighted by Crippen LogP contribution is 2.24. The van der Waals surface area contributed by atoms with Crippen LogP contribution in [-0.4, -0.2) is 56.8 Å². The zero-order valence-electron chi connectivity index (χ0n) is 16.7. The van der Waals surface area contributed by atoms with Crippen molar-refractivity contribution in [3.8, 4) is 0 Å². The zero-order chi connectivity index (χ0) is 20.5. The van der Waals surface area contributed by atoms with Gasteiger partial charge in [-0.25, -0.2) is 9.18 Å². The smallest absolute Gasteiger partial charge is 0.407 e. The van der Waals surface area contributed by atoms with E-state index in [1.54, 1.807) is 21.6 Å². The standard InChI is InChI=1S/C21H28FN3O3/c1-21(2,3)25(20(27)28)17-8-10-23(11-9-17)12-13-24-18-14-16(22)6-4-15(18)5-7-19(24)26/h4-7,14,17H,8-13H2,1-3H3,(H,27,28). The fourth-order valence-corrected chi connectivity index (χ4v) is 4.13. The van der Waals surface area contributed by atoms with Gasteiger partial charge in [0, 0.05) is 43.8 Å². The molecule has 152 valence electrons. The van der Waals surface area contributed by atoms with Gasteiger partial charge in [-0.3, -0.25) is 4.79 Å². The summed E-state index contributed by atoms with van der Waals surface area (Å²) in [7, 11) is 0. The lowest BCUT2D eigenvalue weighted by molar-refractivity contribution is 0.0417. The van der Waals surface area contributed by atoms with Gasteiger partial charge < -0.3 is 19.5 Å². The molecule has 0 radical (unpaired) electrons. The highest BCUT2D eigenvalue weighted by atomic mass is 19.1. The van der Waals surface area contributed by atoms with Gasteiger partial charge in [0.05, 0.1) is 5.52 Å². The summed E-state index contributed by atoms with van der Waals surface area (Å²) in [4.78, 5) is 27.8. The van der Waals surface area contributed by atoms with Crippen molar-refractivity contribution in [2.75, 3.05) is 19.6 Å². The number of piperidine rings is 1. The number of rotatable bonds is 4. The molecule has 3 rings (SSSR count). The van der Waals surface area contributed by atoms with Crippen molar-refractivity contribution in [2.45, 2.75) is 51.7 Å². The molecule has 1 aromatic carbocycles. The van der Waals surface area contributed by atoms with Crippen molar-refractivity contribution in [1.29, 1.82) is 0 Å². The van der Waals surface area contributed by atoms with Crippen LogP contribution in [0.25, 0.3) is 10.9 Å². The van der Waals surface area contributed by atoms with Gasteiger partial charge in [-0.2, -0.15) is 0 Å². The molecule has 2 aromatic rings. The molecule has 1 fully saturated rings. The van der Waals surface area contributed by atoms with Crippen LogP contribution in [0.2, 0.25) is 0 Å². The molecule has 28 heavy (non-hydrogen) atoms. The molecule has 0 saturated carbocycles. The normalized spacial score (nSPS) is 16.4. The summed E-state index contributed by atoms with van der Waals surface area (Å²) in [5.41, 5.74) is 0.0314. The number of nitrogens with zero attached hydrogens (tertiary/aromatic N) is 3. The third-order valence-corrected chi connectivity index (χ3v) is 5.45. The number of fused-ring (bicyclic) bond motifs is 1. The largest absolute Gasteiger partial charge is 0.465 e. The SMILES string of the molecule is CC(C)(C)N(C(=O)O)C1CCN(CCn2c(=O)ccc3ccc(F)cc32)CC1. The predicted octanol–water partition coefficient (Wildman–Crippen LogP) is 3.38. The molecule has 0 unspecified atom stereocenters. The van der Waals surface area contributed by atoms with E-state index in [9.17, 15) is 19.1 Å². The number of benzene rings is 1. The first kappa shape index (κ1) is 20.3. The Bertz CT molecular complexity index is 911. The molecule has 0 atom stereocenters. The number of likely N-dealkylation sites (tertiary alicyclic amines) is 1. The lowest BCUT2D eigenvalue weighted by Crippen LogP contribution is -2.54. The van der Waals surface area contributed by atoms with E-state index in [1.807, 2.05) is 20.8 Å². The lowest BCUT2D eigenvalue weighted by atomic mass is 9.97. The summed E-state index contributed by atoms with van der Waals surface area (Å²) in [6, 6.07) is 7.71. The van der Waals surface area contributed by atoms with E-state index in [1.165, 1.54) is 18.2 Å². The van der Waals surface area contributed by atoms with E-state index in [0.717, 1.165) is 31.3 Å². The molecule has 7 heteroatoms. The Morgan fingerprint density at radius 3 is 2.43 bits per heavy atom. The lowest BCUT2D eigenvalue weighted by Gasteiger charge is -2.43. The third kappa shape index (κ3) is 4.35. The quantitative estimate of drug-likeness (QED) is 0.871. The summed E-state index contributed by atoms with van der Waals surface area (Å²) in [5.74, 6) is -0.358. The van der Waals surface area contributed by atoms with Crippen molar-refractivity contribution in [3.63, 3.8) is 0 Å². The number of aromatic nitrogens is 1. The van der Waals surface area contributed by atoms with E-state index < -0.39 is 11.6 Å². The van der Waals surface area contributed by atoms with Crippen molar-refractivity contribution in [1.82, 2.24) is 14.4 Å². The number of carbonyl (C=O) groups is 1. The highest BCUT2D eigenvalue weighted by Gasteiger charge is 2.35. The molecule has 1 N–H and O–H groups in total. The second-order valence-electron chi connectivity index (χ2n) is 8.42. The van der Waals surface area contributed by atoms with Gasteiger partial charge in [-0.15, -0.1) is 0 Å². The van der Waals surface area contributed by atoms with E-state index in [-0.39, 0.29) is 17.4 Å². The van der Waals surface area contributed by atoms with Crippen molar-refractivity contribution in [3.05, 3.63) is 46.5 Å². The topological polar surface area (TPSA) is 65.8 Å². The average molecular weight is 389 g/mol. The van der Waals surface area contributed by atoms with Gasteiger partial charge in [0.2, 0.25) is 0 Å². The van der Waals surface area contributed by atoms with Gasteiger partial charge >= 0.3 is 6.09 Å². The highest BCUT2D eigenvalue weighted by molar-refractivity contribution is 5.78. The molecule has 1 amide bonds. The second-order valence-corrected chi connectivity index (χ2v) is 8.42. The molecule has 0 bridgehead atoms. The van der Waals surface area contributed by atoms with Crippen molar-refractivity contribution in [2.24, 2.45) is 0 Å². The zero-order valence-corrected chi connectivity index (χ0v) is 16.7. The van der Waals surface area contributed by atoms with Gasteiger partial charge in [0.15, 0.2) is 0 Å². The fraction of sp³-hybridized carbons (Fsp3) is 0.524. The Morgan fingerprint density at radius 1 is 1.18 bits per heavy atom. The van der Waals surface area contributed by atoms with E-state index in [0.29, 0.717) is 18.6 Å². The molecule has 6 nitrogen and oxygen atoms in total. The van der Waals surface area contributed by atoms with Crippen molar-refractivity contribution >= 4 is 17.0 Å². The van der Waals surface area contributed by atoms with Gasteiger partial charge in [-0.05, 0) is 63.3 Å². The minimum absolute atomic E-state index is 0.00289. The van der Waals surface area contributed by atoms with Crippen LogP contribution in [0.1, 0.15) is 33.6 Å². The van der Waals surface area contributed by atoms with E-state index in [4.69, 9.17) is 0 Å². The Labute approximate surface area is 164 Å². The minimum atomic E-state index is -0.879. The first-order valence-electron chi connectivity index (χ1n) is 9.70. The van der Waals surface area contributed by atoms with E-state index in [2.05, 4.69) is 4.90 Å². The van der Waals surface area contributed by atoms with Gasteiger partial charge in [-0.1, -0.05) is 0 Å². The molecule has 2 heterocycles. The molecular weight excluding hydrogens is 361 g/mol. The summed E-state index contributed by atoms with van der Waals surface area (Å²) >= 11 is 0. The Morgan fingerprint density at radius 2 is 1.82 bits per heavy atom. The maximum absolute atomic E-state index is 13.6. The molecule has 1 saturated heterocycles. The average Bonchev–Trinajstić information content (AvgIpc) is 2.60. The van der Waals surface area contributed by atoms with Gasteiger partial charge in [0.25, 0.3) is 5.56 Å². The minimum Gasteiger partial charge on any atom is -0.465 e. The number of hydrogen-bond donors (Lipinski definition) is 1. The number of halogens is 1. The van der Waals surface area contributed by atoms with Crippen molar-refractivity contribution < 1.29 is 14.3 Å². The first-order valence-corrected chi connectivity index (χ1v) is 9.70. The van der Waals surface area contributed by atoms with Crippen LogP contribution in [0.4, 0.5) is 9.18 Å². The number of pyridine rings is 1. The Hall–Kier alpha value is -2.41. The van der Waals surface area contributed by atoms with Crippen LogP contribution in [-0.2, 0) is 6.54 Å². The molecule has 0 spiro atoms. The first-order chi connectivity index (χ1) is 13.2. The number of carboxylic acid groups (broad SMARTS) is 1. The Balaban J connectivity index is 1.66. The summed E-state index contributed by atoms with van der Waals surface area (Å²) in [6.07, 6.45) is 0.654. The van der Waals surface area contributed by atoms with Crippen LogP contribution in [0.5, 0.6) is 0 Å². The van der Waals surface area contributed by atoms with Gasteiger partial charge in [0.1, 0.15) is 5.82 Å². The second kappa shape index (κ2) is 7.91. The predicted molar refractivity (Wildman–Crippen MR) is 107 cm³/mol. The van der Waals surface area contributed by atoms with Crippen LogP contribution in [0.3, 0.4) is 0 Å². The number of amides is 1. The molecule has 0 aliphatic carbocycles. The van der Waals surface area contributed by atoms with E-state index >= 15 is 0 Å². The van der Waals surface area contributed by atoms with Crippen LogP contribution in [0, 0.1) is 5.82 Å². The fourth-order valence-electron chi connectivity index (χ4n) is 4.13. The summed E-state index contributed by atoms with van der Waals surface area (Å²) in [6.45, 7) is 8.45. The maximum atomic E-state index is 13.6. The molecular formula is C21H28FN3O3. The van der Waals surface area contributed by atoms with Crippen LogP contribution < -0.4 is 5.56 Å². The Kier molecular flexibility index (Phi) is 5.74. The maximum Gasteiger partial charge on any atom is 0.407 e. The molecule has 1 aliphatic rings. The summed E-state index contributed by atoms with van der Waals surface area (Å²) in [5, 5.41) is 10.4. The molecule has 1 aromatic heterocycles. The third-order valence-electron chi connectivity index (χ3n) is 5.45. The van der Waals surface area contributed by atoms with Crippen LogP contribution >= 0.6 is 0 Å². The number of hydrogen-bond acceptors (Lipinski definition) is 3. The van der Waals surface area contributed by atoms with Crippen LogP contribution in [0.15, 0.2) is 35.1 Å². The summed E-state index contributed by atoms with van der Waals surface area (Å²) < 4.78 is 15.3. The monoisotopic (exact) mass is 389 g/mol. The molecule has 1 aliphatic heterocycles.